The van der Waals surface area contributed by atoms with Gasteiger partial charge in [0.2, 0.25) is 0 Å². The Hall–Kier alpha value is -1.79. The number of nitrogens with one attached hydrogen (secondary N) is 1. The van der Waals surface area contributed by atoms with Gasteiger partial charge in [-0.2, -0.15) is 0 Å². The minimum atomic E-state index is -0.806. The molecule has 102 valence electrons. The summed E-state index contributed by atoms with van der Waals surface area (Å²) in [4.78, 5) is 25.0. The molecule has 0 saturated carbocycles. The highest BCUT2D eigenvalue weighted by Crippen LogP contribution is 2.26. The Morgan fingerprint density at radius 2 is 2.00 bits per heavy atom. The Morgan fingerprint density at radius 3 is 2.68 bits per heavy atom. The number of aromatic hydroxyl groups is 1. The van der Waals surface area contributed by atoms with Crippen LogP contribution in [0.4, 0.5) is 5.69 Å². The number of carbonyl (C=O) groups excluding carboxylic acids is 2. The first kappa shape index (κ1) is 13.6. The van der Waals surface area contributed by atoms with Crippen LogP contribution in [0, 0.1) is 0 Å². The molecule has 0 bridgehead atoms. The van der Waals surface area contributed by atoms with Crippen molar-refractivity contribution in [3.05, 3.63) is 23.2 Å². The summed E-state index contributed by atoms with van der Waals surface area (Å²) in [5, 5.41) is 12.3. The largest absolute Gasteiger partial charge is 0.506 e. The highest BCUT2D eigenvalue weighted by atomic mass is 35.5. The van der Waals surface area contributed by atoms with E-state index in [2.05, 4.69) is 5.32 Å². The molecule has 0 aromatic heterocycles. The maximum absolute atomic E-state index is 11.8. The quantitative estimate of drug-likeness (QED) is 0.592. The van der Waals surface area contributed by atoms with Crippen LogP contribution in [0.15, 0.2) is 18.2 Å². The number of hydrogen-bond acceptors (Lipinski definition) is 4. The van der Waals surface area contributed by atoms with Crippen molar-refractivity contribution in [2.75, 3.05) is 31.6 Å². The van der Waals surface area contributed by atoms with Crippen LogP contribution >= 0.6 is 11.6 Å². The minimum absolute atomic E-state index is 0.110. The van der Waals surface area contributed by atoms with E-state index < -0.39 is 11.8 Å². The monoisotopic (exact) mass is 284 g/mol. The molecule has 1 aliphatic heterocycles. The third-order valence-corrected chi connectivity index (χ3v) is 2.93. The molecule has 1 heterocycles. The van der Waals surface area contributed by atoms with E-state index in [-0.39, 0.29) is 11.4 Å². The maximum atomic E-state index is 11.8. The lowest BCUT2D eigenvalue weighted by Crippen LogP contribution is -2.45. The van der Waals surface area contributed by atoms with E-state index in [1.165, 1.54) is 23.1 Å². The van der Waals surface area contributed by atoms with Crippen molar-refractivity contribution in [1.29, 1.82) is 0 Å². The zero-order valence-corrected chi connectivity index (χ0v) is 10.8. The van der Waals surface area contributed by atoms with Crippen LogP contribution in [-0.4, -0.2) is 48.1 Å². The van der Waals surface area contributed by atoms with Crippen LogP contribution < -0.4 is 5.32 Å². The Kier molecular flexibility index (Phi) is 4.24. The number of benzene rings is 1. The van der Waals surface area contributed by atoms with Crippen LogP contribution in [0.5, 0.6) is 5.75 Å². The molecule has 2 rings (SSSR count). The third kappa shape index (κ3) is 3.36. The lowest BCUT2D eigenvalue weighted by molar-refractivity contribution is -0.145. The van der Waals surface area contributed by atoms with E-state index >= 15 is 0 Å². The molecule has 6 nitrogen and oxygen atoms in total. The summed E-state index contributed by atoms with van der Waals surface area (Å²) in [5.74, 6) is -1.60. The molecule has 2 N–H and O–H groups in total. The van der Waals surface area contributed by atoms with Gasteiger partial charge < -0.3 is 20.1 Å². The number of ether oxygens (including phenoxy) is 1. The maximum Gasteiger partial charge on any atom is 0.314 e. The smallest absolute Gasteiger partial charge is 0.314 e. The molecule has 7 heteroatoms. The number of carbonyl (C=O) groups is 2. The second-order valence-electron chi connectivity index (χ2n) is 4.02. The molecule has 0 atom stereocenters. The van der Waals surface area contributed by atoms with Crippen LogP contribution in [-0.2, 0) is 14.3 Å². The Labute approximate surface area is 114 Å². The summed E-state index contributed by atoms with van der Waals surface area (Å²) in [7, 11) is 0. The van der Waals surface area contributed by atoms with Crippen molar-refractivity contribution in [3.8, 4) is 5.75 Å². The summed E-state index contributed by atoms with van der Waals surface area (Å²) < 4.78 is 5.10. The van der Waals surface area contributed by atoms with Crippen molar-refractivity contribution >= 4 is 29.1 Å². The van der Waals surface area contributed by atoms with Gasteiger partial charge in [0.05, 0.1) is 18.9 Å². The second-order valence-corrected chi connectivity index (χ2v) is 4.46. The first-order valence-electron chi connectivity index (χ1n) is 5.74. The van der Waals surface area contributed by atoms with Gasteiger partial charge in [-0.1, -0.05) is 11.6 Å². The predicted molar refractivity (Wildman–Crippen MR) is 69.1 cm³/mol. The summed E-state index contributed by atoms with van der Waals surface area (Å²) in [6.45, 7) is 1.60. The summed E-state index contributed by atoms with van der Waals surface area (Å²) >= 11 is 5.75. The normalized spacial score (nSPS) is 15.1. The van der Waals surface area contributed by atoms with Crippen molar-refractivity contribution < 1.29 is 19.4 Å². The van der Waals surface area contributed by atoms with Crippen LogP contribution in [0.1, 0.15) is 0 Å². The second kappa shape index (κ2) is 5.90. The molecule has 1 fully saturated rings. The predicted octanol–water partition coefficient (Wildman–Crippen LogP) is 0.843. The van der Waals surface area contributed by atoms with E-state index in [4.69, 9.17) is 16.3 Å². The van der Waals surface area contributed by atoms with Gasteiger partial charge in [-0.15, -0.1) is 0 Å². The van der Waals surface area contributed by atoms with Crippen LogP contribution in [0.3, 0.4) is 0 Å². The van der Waals surface area contributed by atoms with Crippen LogP contribution in [0.25, 0.3) is 0 Å². The standard InChI is InChI=1S/C12H13ClN2O4/c13-8-1-2-10(16)9(7-8)14-11(17)12(18)15-3-5-19-6-4-15/h1-2,7,16H,3-6H2,(H,14,17). The zero-order valence-electron chi connectivity index (χ0n) is 10.1. The molecule has 19 heavy (non-hydrogen) atoms. The van der Waals surface area contributed by atoms with Gasteiger partial charge >= 0.3 is 11.8 Å². The van der Waals surface area contributed by atoms with Gasteiger partial charge in [0, 0.05) is 18.1 Å². The lowest BCUT2D eigenvalue weighted by atomic mass is 10.3. The van der Waals surface area contributed by atoms with Gasteiger partial charge in [-0.25, -0.2) is 0 Å². The first-order chi connectivity index (χ1) is 9.08. The average Bonchev–Trinajstić information content (AvgIpc) is 2.43. The fourth-order valence-electron chi connectivity index (χ4n) is 1.69. The fourth-order valence-corrected chi connectivity index (χ4v) is 1.87. The Balaban J connectivity index is 2.03. The molecule has 2 amide bonds. The van der Waals surface area contributed by atoms with E-state index in [0.29, 0.717) is 31.3 Å². The number of nitrogens with zero attached hydrogens (tertiary/aromatic N) is 1. The highest BCUT2D eigenvalue weighted by Gasteiger charge is 2.24. The molecule has 0 spiro atoms. The molecule has 1 aromatic carbocycles. The summed E-state index contributed by atoms with van der Waals surface area (Å²) in [6.07, 6.45) is 0. The number of rotatable bonds is 1. The average molecular weight is 285 g/mol. The van der Waals surface area contributed by atoms with Crippen molar-refractivity contribution in [2.24, 2.45) is 0 Å². The number of morpholine rings is 1. The SMILES string of the molecule is O=C(Nc1cc(Cl)ccc1O)C(=O)N1CCOCC1. The van der Waals surface area contributed by atoms with Gasteiger partial charge in [0.1, 0.15) is 5.75 Å². The van der Waals surface area contributed by atoms with Gasteiger partial charge in [-0.05, 0) is 18.2 Å². The number of halogens is 1. The van der Waals surface area contributed by atoms with E-state index in [0.717, 1.165) is 0 Å². The van der Waals surface area contributed by atoms with Crippen molar-refractivity contribution in [3.63, 3.8) is 0 Å². The van der Waals surface area contributed by atoms with Gasteiger partial charge in [0.15, 0.2) is 0 Å². The number of hydrogen-bond donors (Lipinski definition) is 2. The van der Waals surface area contributed by atoms with Crippen molar-refractivity contribution in [2.45, 2.75) is 0 Å². The number of anilines is 1. The number of amides is 2. The van der Waals surface area contributed by atoms with E-state index in [1.54, 1.807) is 0 Å². The number of phenols is 1. The molecule has 0 radical (unpaired) electrons. The Bertz CT molecular complexity index is 501. The molecule has 0 unspecified atom stereocenters. The van der Waals surface area contributed by atoms with Gasteiger partial charge in [-0.3, -0.25) is 9.59 Å². The molecule has 1 aromatic rings. The molecule has 1 aliphatic rings. The Morgan fingerprint density at radius 1 is 1.32 bits per heavy atom. The van der Waals surface area contributed by atoms with Crippen molar-refractivity contribution in [1.82, 2.24) is 4.90 Å². The third-order valence-electron chi connectivity index (χ3n) is 2.70. The molecular weight excluding hydrogens is 272 g/mol. The zero-order chi connectivity index (χ0) is 13.8. The van der Waals surface area contributed by atoms with Gasteiger partial charge in [0.25, 0.3) is 0 Å². The first-order valence-corrected chi connectivity index (χ1v) is 6.12. The summed E-state index contributed by atoms with van der Waals surface area (Å²) in [5.41, 5.74) is 0.110. The molecule has 0 aliphatic carbocycles. The molecular formula is C12H13ClN2O4. The number of phenolic OH excluding ortho intramolecular Hbond substituents is 1. The summed E-state index contributed by atoms with van der Waals surface area (Å²) in [6, 6.07) is 4.20. The fraction of sp³-hybridized carbons (Fsp3) is 0.333. The highest BCUT2D eigenvalue weighted by molar-refractivity contribution is 6.40. The van der Waals surface area contributed by atoms with E-state index in [1.807, 2.05) is 0 Å². The topological polar surface area (TPSA) is 78.9 Å². The molecule has 1 saturated heterocycles. The minimum Gasteiger partial charge on any atom is -0.506 e. The van der Waals surface area contributed by atoms with E-state index in [9.17, 15) is 14.7 Å². The van der Waals surface area contributed by atoms with Crippen LogP contribution in [0.2, 0.25) is 5.02 Å². The lowest BCUT2D eigenvalue weighted by Gasteiger charge is -2.26.